The molecule has 0 saturated carbocycles. The zero-order valence-corrected chi connectivity index (χ0v) is 17.9. The highest BCUT2D eigenvalue weighted by molar-refractivity contribution is 5.65. The third kappa shape index (κ3) is 4.52. The number of anilines is 4. The van der Waals surface area contributed by atoms with Gasteiger partial charge >= 0.3 is 0 Å². The number of hydrogen-bond acceptors (Lipinski definition) is 7. The first kappa shape index (κ1) is 20.1. The topological polar surface area (TPSA) is 60.4 Å². The molecule has 156 valence electrons. The lowest BCUT2D eigenvalue weighted by Gasteiger charge is -2.34. The van der Waals surface area contributed by atoms with Crippen LogP contribution in [-0.2, 0) is 0 Å². The fraction of sp³-hybridized carbons (Fsp3) is 0.348. The molecule has 0 amide bonds. The van der Waals surface area contributed by atoms with Crippen molar-refractivity contribution in [1.29, 1.82) is 0 Å². The predicted molar refractivity (Wildman–Crippen MR) is 124 cm³/mol. The Kier molecular flexibility index (Phi) is 6.09. The number of likely N-dealkylation sites (N-methyl/N-ethyl adjacent to an activating group) is 1. The SMILES string of the molecule is CCNc1ccc(-c2ccnc(N(C)c3ccc(N4CCN(C)CC4)cc3)n2)cn1. The summed E-state index contributed by atoms with van der Waals surface area (Å²) in [6, 6.07) is 14.6. The lowest BCUT2D eigenvalue weighted by Crippen LogP contribution is -2.44. The first-order chi connectivity index (χ1) is 14.6. The molecule has 7 nitrogen and oxygen atoms in total. The van der Waals surface area contributed by atoms with Crippen LogP contribution in [0.15, 0.2) is 54.9 Å². The van der Waals surface area contributed by atoms with E-state index in [2.05, 4.69) is 63.3 Å². The van der Waals surface area contributed by atoms with Gasteiger partial charge in [-0.1, -0.05) is 0 Å². The van der Waals surface area contributed by atoms with Crippen LogP contribution in [0.25, 0.3) is 11.3 Å². The third-order valence-corrected chi connectivity index (χ3v) is 5.47. The molecule has 1 aliphatic heterocycles. The highest BCUT2D eigenvalue weighted by atomic mass is 15.3. The Hall–Kier alpha value is -3.19. The highest BCUT2D eigenvalue weighted by Gasteiger charge is 2.15. The van der Waals surface area contributed by atoms with Crippen molar-refractivity contribution in [1.82, 2.24) is 19.9 Å². The van der Waals surface area contributed by atoms with E-state index in [9.17, 15) is 0 Å². The summed E-state index contributed by atoms with van der Waals surface area (Å²) in [4.78, 5) is 20.5. The molecule has 0 atom stereocenters. The van der Waals surface area contributed by atoms with E-state index in [1.807, 2.05) is 36.3 Å². The van der Waals surface area contributed by atoms with Crippen molar-refractivity contribution in [2.75, 3.05) is 61.9 Å². The van der Waals surface area contributed by atoms with Crippen molar-refractivity contribution < 1.29 is 0 Å². The van der Waals surface area contributed by atoms with Gasteiger partial charge in [-0.25, -0.2) is 15.0 Å². The lowest BCUT2D eigenvalue weighted by molar-refractivity contribution is 0.313. The van der Waals surface area contributed by atoms with Crippen molar-refractivity contribution >= 4 is 23.1 Å². The van der Waals surface area contributed by atoms with Crippen LogP contribution in [0.4, 0.5) is 23.1 Å². The summed E-state index contributed by atoms with van der Waals surface area (Å²) >= 11 is 0. The molecule has 2 aromatic heterocycles. The van der Waals surface area contributed by atoms with Crippen LogP contribution in [0.1, 0.15) is 6.92 Å². The number of nitrogens with one attached hydrogen (secondary N) is 1. The minimum atomic E-state index is 0.663. The number of rotatable bonds is 6. The average molecular weight is 404 g/mol. The van der Waals surface area contributed by atoms with Crippen molar-refractivity contribution in [2.45, 2.75) is 6.92 Å². The maximum atomic E-state index is 4.75. The Morgan fingerprint density at radius 1 is 0.967 bits per heavy atom. The molecule has 0 unspecified atom stereocenters. The summed E-state index contributed by atoms with van der Waals surface area (Å²) in [5.74, 6) is 1.53. The summed E-state index contributed by atoms with van der Waals surface area (Å²) < 4.78 is 0. The normalized spacial score (nSPS) is 14.6. The van der Waals surface area contributed by atoms with E-state index in [0.29, 0.717) is 5.95 Å². The molecule has 1 N–H and O–H groups in total. The van der Waals surface area contributed by atoms with Gasteiger partial charge in [0.1, 0.15) is 5.82 Å². The van der Waals surface area contributed by atoms with E-state index in [4.69, 9.17) is 4.98 Å². The molecule has 1 aromatic carbocycles. The Balaban J connectivity index is 1.49. The number of pyridine rings is 1. The van der Waals surface area contributed by atoms with Gasteiger partial charge in [-0.2, -0.15) is 0 Å². The Morgan fingerprint density at radius 3 is 2.40 bits per heavy atom. The second kappa shape index (κ2) is 9.09. The van der Waals surface area contributed by atoms with Crippen LogP contribution < -0.4 is 15.1 Å². The smallest absolute Gasteiger partial charge is 0.230 e. The molecule has 0 spiro atoms. The minimum Gasteiger partial charge on any atom is -0.370 e. The number of piperazine rings is 1. The van der Waals surface area contributed by atoms with Gasteiger partial charge in [0.15, 0.2) is 0 Å². The van der Waals surface area contributed by atoms with Crippen LogP contribution in [0.2, 0.25) is 0 Å². The standard InChI is InChI=1S/C23H29N7/c1-4-24-22-10-5-18(17-26-22)21-11-12-25-23(27-21)29(3)19-6-8-20(9-7-19)30-15-13-28(2)14-16-30/h5-12,17H,4,13-16H2,1-3H3,(H,24,26). The van der Waals surface area contributed by atoms with Gasteiger partial charge in [-0.05, 0) is 56.4 Å². The molecule has 1 aliphatic rings. The van der Waals surface area contributed by atoms with Crippen molar-refractivity contribution in [3.05, 3.63) is 54.9 Å². The molecule has 1 fully saturated rings. The van der Waals surface area contributed by atoms with E-state index < -0.39 is 0 Å². The zero-order valence-electron chi connectivity index (χ0n) is 17.9. The van der Waals surface area contributed by atoms with Crippen molar-refractivity contribution in [2.24, 2.45) is 0 Å². The molecule has 7 heteroatoms. The van der Waals surface area contributed by atoms with Crippen LogP contribution in [-0.4, -0.2) is 66.7 Å². The van der Waals surface area contributed by atoms with Gasteiger partial charge < -0.3 is 20.0 Å². The van der Waals surface area contributed by atoms with Gasteiger partial charge in [0.25, 0.3) is 0 Å². The van der Waals surface area contributed by atoms with Crippen molar-refractivity contribution in [3.8, 4) is 11.3 Å². The number of aromatic nitrogens is 3. The molecule has 0 radical (unpaired) electrons. The molecule has 0 aliphatic carbocycles. The fourth-order valence-electron chi connectivity index (χ4n) is 3.57. The quantitative estimate of drug-likeness (QED) is 0.676. The molecule has 3 heterocycles. The monoisotopic (exact) mass is 403 g/mol. The molecule has 30 heavy (non-hydrogen) atoms. The van der Waals surface area contributed by atoms with Gasteiger partial charge in [0, 0.05) is 69.1 Å². The molecule has 3 aromatic rings. The number of hydrogen-bond donors (Lipinski definition) is 1. The Bertz CT molecular complexity index is 948. The van der Waals surface area contributed by atoms with Crippen LogP contribution in [0.3, 0.4) is 0 Å². The lowest BCUT2D eigenvalue weighted by atomic mass is 10.2. The van der Waals surface area contributed by atoms with E-state index in [0.717, 1.165) is 55.5 Å². The summed E-state index contributed by atoms with van der Waals surface area (Å²) in [7, 11) is 4.17. The van der Waals surface area contributed by atoms with E-state index in [-0.39, 0.29) is 0 Å². The Labute approximate surface area is 178 Å². The van der Waals surface area contributed by atoms with Crippen LogP contribution in [0.5, 0.6) is 0 Å². The first-order valence-corrected chi connectivity index (χ1v) is 10.4. The third-order valence-electron chi connectivity index (χ3n) is 5.47. The van der Waals surface area contributed by atoms with Crippen LogP contribution in [0, 0.1) is 0 Å². The van der Waals surface area contributed by atoms with Crippen LogP contribution >= 0.6 is 0 Å². The van der Waals surface area contributed by atoms with Gasteiger partial charge in [0.2, 0.25) is 5.95 Å². The van der Waals surface area contributed by atoms with Crippen molar-refractivity contribution in [3.63, 3.8) is 0 Å². The summed E-state index contributed by atoms with van der Waals surface area (Å²) in [6.45, 7) is 7.25. The summed E-state index contributed by atoms with van der Waals surface area (Å²) in [5, 5.41) is 3.21. The molecular formula is C23H29N7. The molecular weight excluding hydrogens is 374 g/mol. The van der Waals surface area contributed by atoms with E-state index in [1.165, 1.54) is 5.69 Å². The van der Waals surface area contributed by atoms with E-state index in [1.54, 1.807) is 6.20 Å². The molecule has 0 bridgehead atoms. The number of benzene rings is 1. The minimum absolute atomic E-state index is 0.663. The zero-order chi connectivity index (χ0) is 20.9. The molecule has 1 saturated heterocycles. The number of nitrogens with zero attached hydrogens (tertiary/aromatic N) is 6. The summed E-state index contributed by atoms with van der Waals surface area (Å²) in [5.41, 5.74) is 4.16. The first-order valence-electron chi connectivity index (χ1n) is 10.4. The average Bonchev–Trinajstić information content (AvgIpc) is 2.80. The maximum Gasteiger partial charge on any atom is 0.230 e. The Morgan fingerprint density at radius 2 is 1.73 bits per heavy atom. The van der Waals surface area contributed by atoms with Gasteiger partial charge in [0.05, 0.1) is 5.69 Å². The predicted octanol–water partition coefficient (Wildman–Crippen LogP) is 3.49. The fourth-order valence-corrected chi connectivity index (χ4v) is 3.57. The second-order valence-corrected chi connectivity index (χ2v) is 7.57. The highest BCUT2D eigenvalue weighted by Crippen LogP contribution is 2.26. The summed E-state index contributed by atoms with van der Waals surface area (Å²) in [6.07, 6.45) is 3.64. The van der Waals surface area contributed by atoms with Gasteiger partial charge in [-0.3, -0.25) is 0 Å². The van der Waals surface area contributed by atoms with Gasteiger partial charge in [-0.15, -0.1) is 0 Å². The second-order valence-electron chi connectivity index (χ2n) is 7.57. The molecule has 4 rings (SSSR count). The maximum absolute atomic E-state index is 4.75. The van der Waals surface area contributed by atoms with E-state index >= 15 is 0 Å². The largest absolute Gasteiger partial charge is 0.370 e.